The van der Waals surface area contributed by atoms with E-state index in [2.05, 4.69) is 36.4 Å². The number of nitrogens with two attached hydrogens (primary N) is 1. The van der Waals surface area contributed by atoms with Crippen LogP contribution in [0.5, 0.6) is 5.75 Å². The zero-order valence-corrected chi connectivity index (χ0v) is 14.7. The van der Waals surface area contributed by atoms with E-state index in [0.29, 0.717) is 0 Å². The number of primary amides is 1. The van der Waals surface area contributed by atoms with Gasteiger partial charge in [0.1, 0.15) is 5.75 Å². The minimum atomic E-state index is -0.353. The number of carbonyl (C=O) groups is 1. The van der Waals surface area contributed by atoms with Crippen LogP contribution in [0.1, 0.15) is 28.2 Å². The highest BCUT2D eigenvalue weighted by molar-refractivity contribution is 5.96. The molecular weight excluding hydrogens is 322 g/mol. The molecule has 1 aliphatic carbocycles. The molecule has 0 radical (unpaired) electrons. The molecule has 3 heteroatoms. The van der Waals surface area contributed by atoms with Gasteiger partial charge in [0.2, 0.25) is 5.91 Å². The van der Waals surface area contributed by atoms with Crippen LogP contribution in [-0.2, 0) is 17.6 Å². The fraction of sp³-hybridized carbons (Fsp3) is 0.174. The van der Waals surface area contributed by atoms with Crippen LogP contribution in [-0.4, -0.2) is 13.0 Å². The summed E-state index contributed by atoms with van der Waals surface area (Å²) in [6, 6.07) is 22.5. The Morgan fingerprint density at radius 3 is 2.38 bits per heavy atom. The Hall–Kier alpha value is -3.07. The molecule has 2 N–H and O–H groups in total. The van der Waals surface area contributed by atoms with Crippen molar-refractivity contribution in [3.8, 4) is 16.9 Å². The molecule has 1 unspecified atom stereocenters. The Morgan fingerprint density at radius 2 is 1.65 bits per heavy atom. The van der Waals surface area contributed by atoms with Gasteiger partial charge in [-0.25, -0.2) is 0 Å². The first-order valence-electron chi connectivity index (χ1n) is 8.82. The number of aryl methyl sites for hydroxylation is 2. The second-order valence-electron chi connectivity index (χ2n) is 6.65. The van der Waals surface area contributed by atoms with Gasteiger partial charge in [-0.1, -0.05) is 54.6 Å². The first kappa shape index (κ1) is 16.4. The van der Waals surface area contributed by atoms with E-state index in [1.807, 2.05) is 30.3 Å². The van der Waals surface area contributed by atoms with Crippen LogP contribution < -0.4 is 10.5 Å². The summed E-state index contributed by atoms with van der Waals surface area (Å²) >= 11 is 0. The molecule has 130 valence electrons. The van der Waals surface area contributed by atoms with E-state index in [-0.39, 0.29) is 11.8 Å². The average Bonchev–Trinajstić information content (AvgIpc) is 3.02. The van der Waals surface area contributed by atoms with Gasteiger partial charge in [0.05, 0.1) is 13.0 Å². The lowest BCUT2D eigenvalue weighted by Gasteiger charge is -2.14. The van der Waals surface area contributed by atoms with Crippen molar-refractivity contribution in [3.05, 3.63) is 89.0 Å². The molecule has 26 heavy (non-hydrogen) atoms. The van der Waals surface area contributed by atoms with Crippen LogP contribution in [0.3, 0.4) is 0 Å². The molecule has 0 spiro atoms. The monoisotopic (exact) mass is 343 g/mol. The maximum atomic E-state index is 12.2. The molecule has 0 aromatic heterocycles. The van der Waals surface area contributed by atoms with E-state index in [1.54, 1.807) is 7.11 Å². The van der Waals surface area contributed by atoms with E-state index in [4.69, 9.17) is 10.5 Å². The van der Waals surface area contributed by atoms with Crippen molar-refractivity contribution in [2.75, 3.05) is 7.11 Å². The Kier molecular flexibility index (Phi) is 4.21. The van der Waals surface area contributed by atoms with Crippen LogP contribution in [0.4, 0.5) is 0 Å². The number of amides is 1. The molecule has 3 aromatic rings. The van der Waals surface area contributed by atoms with E-state index in [9.17, 15) is 4.79 Å². The van der Waals surface area contributed by atoms with E-state index in [1.165, 1.54) is 11.1 Å². The standard InChI is InChI=1S/C23H21NO2/c1-26-17-13-10-15(11-14-17)9-12-16-5-4-8-19-18-6-2-3-7-20(18)22(21(16)19)23(24)25/h2-8,10-11,13-14,22H,9,12H2,1H3,(H2,24,25). The number of hydrogen-bond acceptors (Lipinski definition) is 2. The van der Waals surface area contributed by atoms with Gasteiger partial charge in [-0.3, -0.25) is 4.79 Å². The summed E-state index contributed by atoms with van der Waals surface area (Å²) in [6.45, 7) is 0. The molecule has 0 saturated carbocycles. The molecule has 0 fully saturated rings. The Balaban J connectivity index is 1.68. The molecule has 3 aromatic carbocycles. The van der Waals surface area contributed by atoms with E-state index < -0.39 is 0 Å². The highest BCUT2D eigenvalue weighted by Gasteiger charge is 2.33. The fourth-order valence-corrected chi connectivity index (χ4v) is 3.92. The number of carbonyl (C=O) groups excluding carboxylic acids is 1. The average molecular weight is 343 g/mol. The zero-order chi connectivity index (χ0) is 18.1. The molecule has 1 aliphatic rings. The third kappa shape index (κ3) is 2.76. The van der Waals surface area contributed by atoms with Gasteiger partial charge in [0.15, 0.2) is 0 Å². The van der Waals surface area contributed by atoms with Crippen LogP contribution >= 0.6 is 0 Å². The highest BCUT2D eigenvalue weighted by Crippen LogP contribution is 2.46. The van der Waals surface area contributed by atoms with Crippen molar-refractivity contribution in [2.24, 2.45) is 5.73 Å². The minimum Gasteiger partial charge on any atom is -0.497 e. The summed E-state index contributed by atoms with van der Waals surface area (Å²) in [4.78, 5) is 12.2. The number of hydrogen-bond donors (Lipinski definition) is 1. The maximum Gasteiger partial charge on any atom is 0.229 e. The molecule has 0 bridgehead atoms. The number of methoxy groups -OCH3 is 1. The molecule has 1 amide bonds. The van der Waals surface area contributed by atoms with Gasteiger partial charge in [0, 0.05) is 0 Å². The van der Waals surface area contributed by atoms with Gasteiger partial charge >= 0.3 is 0 Å². The van der Waals surface area contributed by atoms with Crippen molar-refractivity contribution < 1.29 is 9.53 Å². The Morgan fingerprint density at radius 1 is 0.923 bits per heavy atom. The lowest BCUT2D eigenvalue weighted by molar-refractivity contribution is -0.118. The van der Waals surface area contributed by atoms with Crippen molar-refractivity contribution in [1.82, 2.24) is 0 Å². The second-order valence-corrected chi connectivity index (χ2v) is 6.65. The van der Waals surface area contributed by atoms with Crippen LogP contribution in [0.2, 0.25) is 0 Å². The molecule has 0 aliphatic heterocycles. The number of rotatable bonds is 5. The molecular formula is C23H21NO2. The van der Waals surface area contributed by atoms with Gasteiger partial charge in [0.25, 0.3) is 0 Å². The lowest BCUT2D eigenvalue weighted by Crippen LogP contribution is -2.21. The van der Waals surface area contributed by atoms with Crippen LogP contribution in [0.25, 0.3) is 11.1 Å². The molecule has 0 saturated heterocycles. The predicted molar refractivity (Wildman–Crippen MR) is 103 cm³/mol. The number of fused-ring (bicyclic) bond motifs is 3. The molecule has 0 heterocycles. The van der Waals surface area contributed by atoms with Gasteiger partial charge in [-0.05, 0) is 58.4 Å². The first-order valence-corrected chi connectivity index (χ1v) is 8.82. The summed E-state index contributed by atoms with van der Waals surface area (Å²) in [6.07, 6.45) is 1.77. The normalized spacial score (nSPS) is 14.6. The molecule has 3 nitrogen and oxygen atoms in total. The summed E-state index contributed by atoms with van der Waals surface area (Å²) in [7, 11) is 1.67. The van der Waals surface area contributed by atoms with Crippen molar-refractivity contribution in [3.63, 3.8) is 0 Å². The van der Waals surface area contributed by atoms with E-state index >= 15 is 0 Å². The quantitative estimate of drug-likeness (QED) is 0.759. The van der Waals surface area contributed by atoms with E-state index in [0.717, 1.165) is 40.8 Å². The predicted octanol–water partition coefficient (Wildman–Crippen LogP) is 4.08. The van der Waals surface area contributed by atoms with Crippen molar-refractivity contribution in [1.29, 1.82) is 0 Å². The highest BCUT2D eigenvalue weighted by atomic mass is 16.5. The van der Waals surface area contributed by atoms with Crippen molar-refractivity contribution >= 4 is 5.91 Å². The summed E-state index contributed by atoms with van der Waals surface area (Å²) < 4.78 is 5.22. The molecule has 1 atom stereocenters. The third-order valence-corrected chi connectivity index (χ3v) is 5.17. The molecule has 4 rings (SSSR count). The third-order valence-electron chi connectivity index (χ3n) is 5.17. The summed E-state index contributed by atoms with van der Waals surface area (Å²) in [5.74, 6) is 0.222. The number of benzene rings is 3. The lowest BCUT2D eigenvalue weighted by atomic mass is 9.90. The topological polar surface area (TPSA) is 52.3 Å². The van der Waals surface area contributed by atoms with Crippen LogP contribution in [0, 0.1) is 0 Å². The fourth-order valence-electron chi connectivity index (χ4n) is 3.92. The van der Waals surface area contributed by atoms with Gasteiger partial charge in [-0.2, -0.15) is 0 Å². The zero-order valence-electron chi connectivity index (χ0n) is 14.7. The second kappa shape index (κ2) is 6.68. The number of ether oxygens (including phenoxy) is 1. The Bertz CT molecular complexity index is 960. The largest absolute Gasteiger partial charge is 0.497 e. The summed E-state index contributed by atoms with van der Waals surface area (Å²) in [5, 5.41) is 0. The Labute approximate surface area is 153 Å². The van der Waals surface area contributed by atoms with Gasteiger partial charge < -0.3 is 10.5 Å². The van der Waals surface area contributed by atoms with Gasteiger partial charge in [-0.15, -0.1) is 0 Å². The summed E-state index contributed by atoms with van der Waals surface area (Å²) in [5.41, 5.74) is 12.6. The maximum absolute atomic E-state index is 12.2. The SMILES string of the molecule is COc1ccc(CCc2cccc3c2C(C(N)=O)c2ccccc2-3)cc1. The van der Waals surface area contributed by atoms with Crippen molar-refractivity contribution in [2.45, 2.75) is 18.8 Å². The smallest absolute Gasteiger partial charge is 0.229 e. The first-order chi connectivity index (χ1) is 12.7. The minimum absolute atomic E-state index is 0.284. The van der Waals surface area contributed by atoms with Crippen LogP contribution in [0.15, 0.2) is 66.7 Å².